The number of hydrogen-bond donors (Lipinski definition) is 0. The fourth-order valence-electron chi connectivity index (χ4n) is 2.23. The van der Waals surface area contributed by atoms with Gasteiger partial charge in [0.05, 0.1) is 11.3 Å². The summed E-state index contributed by atoms with van der Waals surface area (Å²) in [5.41, 5.74) is -1.43. The van der Waals surface area contributed by atoms with Crippen LogP contribution in [0.25, 0.3) is 11.3 Å². The molecule has 0 atom stereocenters. The van der Waals surface area contributed by atoms with Crippen molar-refractivity contribution in [2.75, 3.05) is 0 Å². The molecule has 0 N–H and O–H groups in total. The van der Waals surface area contributed by atoms with Gasteiger partial charge in [-0.05, 0) is 25.8 Å². The van der Waals surface area contributed by atoms with Crippen LogP contribution >= 0.6 is 0 Å². The number of aromatic nitrogens is 1. The summed E-state index contributed by atoms with van der Waals surface area (Å²) in [4.78, 5) is 12.6. The second-order valence-corrected chi connectivity index (χ2v) is 6.31. The van der Waals surface area contributed by atoms with Crippen molar-refractivity contribution in [3.63, 3.8) is 0 Å². The molecule has 0 fully saturated rings. The predicted octanol–water partition coefficient (Wildman–Crippen LogP) is 4.59. The van der Waals surface area contributed by atoms with Crippen LogP contribution in [-0.4, -0.2) is 10.4 Å². The summed E-state index contributed by atoms with van der Waals surface area (Å²) in [5.74, 6) is -0.0133. The SMILES string of the molecule is C/C(=N\n1c(-c2ccc(C)cc2)cc(C(F)(F)F)c(C#N)c1=O)C(C)C. The van der Waals surface area contributed by atoms with Crippen molar-refractivity contribution < 1.29 is 13.2 Å². The third kappa shape index (κ3) is 3.85. The minimum Gasteiger partial charge on any atom is -0.266 e. The molecule has 1 aromatic carbocycles. The fourth-order valence-corrected chi connectivity index (χ4v) is 2.23. The van der Waals surface area contributed by atoms with Gasteiger partial charge in [0.15, 0.2) is 0 Å². The molecule has 2 aromatic rings. The molecule has 136 valence electrons. The lowest BCUT2D eigenvalue weighted by Crippen LogP contribution is -2.27. The topological polar surface area (TPSA) is 58.1 Å². The van der Waals surface area contributed by atoms with Gasteiger partial charge in [-0.1, -0.05) is 43.7 Å². The van der Waals surface area contributed by atoms with Gasteiger partial charge in [-0.3, -0.25) is 4.79 Å². The van der Waals surface area contributed by atoms with Crippen LogP contribution in [0.5, 0.6) is 0 Å². The number of aryl methyl sites for hydroxylation is 1. The molecule has 0 aliphatic rings. The molecule has 1 aromatic heterocycles. The van der Waals surface area contributed by atoms with Gasteiger partial charge in [0, 0.05) is 11.3 Å². The van der Waals surface area contributed by atoms with Gasteiger partial charge in [-0.25, -0.2) is 0 Å². The largest absolute Gasteiger partial charge is 0.417 e. The maximum atomic E-state index is 13.4. The van der Waals surface area contributed by atoms with Crippen LogP contribution in [0.2, 0.25) is 0 Å². The summed E-state index contributed by atoms with van der Waals surface area (Å²) < 4.78 is 41.0. The molecule has 4 nitrogen and oxygen atoms in total. The summed E-state index contributed by atoms with van der Waals surface area (Å²) in [5, 5.41) is 13.3. The second kappa shape index (κ2) is 7.16. The number of pyridine rings is 1. The first kappa shape index (κ1) is 19.4. The molecular formula is C19H18F3N3O. The minimum atomic E-state index is -4.82. The van der Waals surface area contributed by atoms with E-state index in [1.807, 2.05) is 20.8 Å². The Morgan fingerprint density at radius 2 is 1.81 bits per heavy atom. The Labute approximate surface area is 149 Å². The van der Waals surface area contributed by atoms with E-state index < -0.39 is 22.9 Å². The number of hydrogen-bond acceptors (Lipinski definition) is 3. The highest BCUT2D eigenvalue weighted by Crippen LogP contribution is 2.33. The van der Waals surface area contributed by atoms with Gasteiger partial charge in [0.1, 0.15) is 11.6 Å². The normalized spacial score (nSPS) is 12.3. The van der Waals surface area contributed by atoms with E-state index >= 15 is 0 Å². The van der Waals surface area contributed by atoms with E-state index in [9.17, 15) is 18.0 Å². The molecular weight excluding hydrogens is 343 g/mol. The highest BCUT2D eigenvalue weighted by atomic mass is 19.4. The van der Waals surface area contributed by atoms with Gasteiger partial charge in [0.25, 0.3) is 5.56 Å². The quantitative estimate of drug-likeness (QED) is 0.751. The summed E-state index contributed by atoms with van der Waals surface area (Å²) in [7, 11) is 0. The highest BCUT2D eigenvalue weighted by Gasteiger charge is 2.36. The fraction of sp³-hybridized carbons (Fsp3) is 0.316. The average molecular weight is 361 g/mol. The van der Waals surface area contributed by atoms with Crippen LogP contribution in [0.4, 0.5) is 13.2 Å². The van der Waals surface area contributed by atoms with E-state index in [0.29, 0.717) is 11.3 Å². The third-order valence-corrected chi connectivity index (χ3v) is 4.04. The Balaban J connectivity index is 2.93. The Kier molecular flexibility index (Phi) is 5.36. The second-order valence-electron chi connectivity index (χ2n) is 6.31. The molecule has 2 rings (SSSR count). The first-order chi connectivity index (χ1) is 12.1. The summed E-state index contributed by atoms with van der Waals surface area (Å²) >= 11 is 0. The highest BCUT2D eigenvalue weighted by molar-refractivity contribution is 5.83. The van der Waals surface area contributed by atoms with Gasteiger partial charge in [-0.15, -0.1) is 0 Å². The third-order valence-electron chi connectivity index (χ3n) is 4.04. The Bertz CT molecular complexity index is 946. The molecule has 0 saturated heterocycles. The average Bonchev–Trinajstić information content (AvgIpc) is 2.56. The molecule has 7 heteroatoms. The monoisotopic (exact) mass is 361 g/mol. The molecule has 0 radical (unpaired) electrons. The van der Waals surface area contributed by atoms with Gasteiger partial charge in [-0.2, -0.15) is 28.2 Å². The van der Waals surface area contributed by atoms with Crippen LogP contribution in [0.1, 0.15) is 37.5 Å². The first-order valence-corrected chi connectivity index (χ1v) is 7.96. The molecule has 0 saturated carbocycles. The van der Waals surface area contributed by atoms with E-state index in [0.717, 1.165) is 16.3 Å². The summed E-state index contributed by atoms with van der Waals surface area (Å²) in [6, 6.07) is 8.88. The van der Waals surface area contributed by atoms with Crippen molar-refractivity contribution in [3.05, 3.63) is 57.4 Å². The van der Waals surface area contributed by atoms with Crippen LogP contribution in [-0.2, 0) is 6.18 Å². The van der Waals surface area contributed by atoms with Gasteiger partial charge >= 0.3 is 6.18 Å². The van der Waals surface area contributed by atoms with Crippen molar-refractivity contribution in [3.8, 4) is 17.3 Å². The van der Waals surface area contributed by atoms with Gasteiger partial charge < -0.3 is 0 Å². The minimum absolute atomic E-state index is 0.0127. The van der Waals surface area contributed by atoms with E-state index in [1.54, 1.807) is 31.2 Å². The Morgan fingerprint density at radius 1 is 1.23 bits per heavy atom. The number of rotatable bonds is 3. The predicted molar refractivity (Wildman–Crippen MR) is 93.9 cm³/mol. The molecule has 26 heavy (non-hydrogen) atoms. The van der Waals surface area contributed by atoms with Crippen LogP contribution < -0.4 is 5.56 Å². The lowest BCUT2D eigenvalue weighted by atomic mass is 10.0. The molecule has 0 aliphatic carbocycles. The zero-order chi connectivity index (χ0) is 19.6. The first-order valence-electron chi connectivity index (χ1n) is 7.96. The maximum Gasteiger partial charge on any atom is 0.417 e. The van der Waals surface area contributed by atoms with Crippen LogP contribution in [0, 0.1) is 24.2 Å². The summed E-state index contributed by atoms with van der Waals surface area (Å²) in [6.45, 7) is 7.23. The van der Waals surface area contributed by atoms with Crippen molar-refractivity contribution in [1.29, 1.82) is 5.26 Å². The van der Waals surface area contributed by atoms with E-state index in [-0.39, 0.29) is 11.6 Å². The standard InChI is InChI=1S/C19H18F3N3O/c1-11(2)13(4)24-25-17(14-7-5-12(3)6-8-14)9-16(19(20,21)22)15(10-23)18(25)26/h5-9,11H,1-4H3/b24-13+. The van der Waals surface area contributed by atoms with Gasteiger partial charge in [0.2, 0.25) is 0 Å². The molecule has 0 unspecified atom stereocenters. The summed E-state index contributed by atoms with van der Waals surface area (Å²) in [6.07, 6.45) is -4.82. The van der Waals surface area contributed by atoms with Crippen molar-refractivity contribution in [1.82, 2.24) is 4.68 Å². The zero-order valence-corrected chi connectivity index (χ0v) is 14.8. The van der Waals surface area contributed by atoms with Crippen molar-refractivity contribution in [2.45, 2.75) is 33.9 Å². The Hall–Kier alpha value is -2.88. The van der Waals surface area contributed by atoms with Crippen LogP contribution in [0.3, 0.4) is 0 Å². The van der Waals surface area contributed by atoms with Crippen molar-refractivity contribution in [2.24, 2.45) is 11.0 Å². The number of alkyl halides is 3. The number of benzene rings is 1. The molecule has 0 amide bonds. The molecule has 0 spiro atoms. The smallest absolute Gasteiger partial charge is 0.266 e. The lowest BCUT2D eigenvalue weighted by molar-refractivity contribution is -0.137. The number of halogens is 3. The maximum absolute atomic E-state index is 13.4. The van der Waals surface area contributed by atoms with E-state index in [2.05, 4.69) is 5.10 Å². The molecule has 1 heterocycles. The molecule has 0 bridgehead atoms. The molecule has 0 aliphatic heterocycles. The Morgan fingerprint density at radius 3 is 2.27 bits per heavy atom. The van der Waals surface area contributed by atoms with E-state index in [4.69, 9.17) is 5.26 Å². The zero-order valence-electron chi connectivity index (χ0n) is 14.8. The van der Waals surface area contributed by atoms with E-state index in [1.165, 1.54) is 6.07 Å². The van der Waals surface area contributed by atoms with Crippen molar-refractivity contribution >= 4 is 5.71 Å². The lowest BCUT2D eigenvalue weighted by Gasteiger charge is -2.16. The number of nitrogens with zero attached hydrogens (tertiary/aromatic N) is 3. The van der Waals surface area contributed by atoms with Crippen LogP contribution in [0.15, 0.2) is 40.2 Å². The number of nitriles is 1.